The molecule has 0 spiro atoms. The van der Waals surface area contributed by atoms with Gasteiger partial charge in [0.1, 0.15) is 0 Å². The van der Waals surface area contributed by atoms with Crippen LogP contribution in [0.3, 0.4) is 0 Å². The molecule has 0 fully saturated rings. The maximum atomic E-state index is 12.1. The second-order valence-corrected chi connectivity index (χ2v) is 5.46. The highest BCUT2D eigenvalue weighted by Gasteiger charge is 2.21. The minimum absolute atomic E-state index is 0.00993. The van der Waals surface area contributed by atoms with Crippen molar-refractivity contribution in [3.63, 3.8) is 0 Å². The van der Waals surface area contributed by atoms with E-state index in [2.05, 4.69) is 56.9 Å². The molecule has 3 heteroatoms. The first kappa shape index (κ1) is 16.4. The lowest BCUT2D eigenvalue weighted by Crippen LogP contribution is -2.43. The number of nitrogens with two attached hydrogens (primary N) is 1. The smallest absolute Gasteiger partial charge is 0.237 e. The lowest BCUT2D eigenvalue weighted by molar-refractivity contribution is -0.123. The van der Waals surface area contributed by atoms with Gasteiger partial charge < -0.3 is 11.1 Å². The molecule has 3 N–H and O–H groups in total. The van der Waals surface area contributed by atoms with Crippen LogP contribution in [0.2, 0.25) is 0 Å². The summed E-state index contributed by atoms with van der Waals surface area (Å²) < 4.78 is 0. The fraction of sp³-hybridized carbons (Fsp3) is 0.471. The summed E-state index contributed by atoms with van der Waals surface area (Å²) in [6.45, 7) is 9.93. The van der Waals surface area contributed by atoms with Crippen LogP contribution in [-0.2, 0) is 11.2 Å². The normalized spacial score (nSPS) is 13.8. The molecule has 1 rings (SSSR count). The minimum atomic E-state index is -0.524. The Morgan fingerprint density at radius 1 is 1.35 bits per heavy atom. The molecule has 0 aliphatic carbocycles. The van der Waals surface area contributed by atoms with Gasteiger partial charge in [0.25, 0.3) is 0 Å². The second kappa shape index (κ2) is 7.85. The van der Waals surface area contributed by atoms with Gasteiger partial charge in [-0.1, -0.05) is 51.1 Å². The summed E-state index contributed by atoms with van der Waals surface area (Å²) in [6, 6.07) is 7.86. The number of hydrogen-bond acceptors (Lipinski definition) is 2. The van der Waals surface area contributed by atoms with Gasteiger partial charge in [-0.3, -0.25) is 4.79 Å². The highest BCUT2D eigenvalue weighted by Crippen LogP contribution is 2.22. The van der Waals surface area contributed by atoms with Crippen LogP contribution < -0.4 is 11.1 Å². The molecule has 110 valence electrons. The molecule has 1 aromatic rings. The summed E-state index contributed by atoms with van der Waals surface area (Å²) in [5, 5.41) is 3.04. The molecule has 1 amide bonds. The van der Waals surface area contributed by atoms with Crippen LogP contribution in [0.25, 0.3) is 0 Å². The maximum Gasteiger partial charge on any atom is 0.237 e. The van der Waals surface area contributed by atoms with Gasteiger partial charge in [0, 0.05) is 0 Å². The first-order chi connectivity index (χ1) is 9.49. The summed E-state index contributed by atoms with van der Waals surface area (Å²) in [5.41, 5.74) is 8.24. The summed E-state index contributed by atoms with van der Waals surface area (Å²) in [4.78, 5) is 12.1. The van der Waals surface area contributed by atoms with Crippen molar-refractivity contribution in [2.24, 2.45) is 11.7 Å². The van der Waals surface area contributed by atoms with Gasteiger partial charge in [-0.25, -0.2) is 0 Å². The Balaban J connectivity index is 2.83. The van der Waals surface area contributed by atoms with Crippen LogP contribution in [0, 0.1) is 5.92 Å². The summed E-state index contributed by atoms with van der Waals surface area (Å²) in [6.07, 6.45) is 3.18. The van der Waals surface area contributed by atoms with Crippen LogP contribution in [0.4, 0.5) is 0 Å². The number of benzene rings is 1. The molecular formula is C17H26N2O. The number of rotatable bonds is 7. The fourth-order valence-electron chi connectivity index (χ4n) is 2.14. The molecule has 2 atom stereocenters. The van der Waals surface area contributed by atoms with Crippen molar-refractivity contribution < 1.29 is 4.79 Å². The fourth-order valence-corrected chi connectivity index (χ4v) is 2.14. The number of carbonyl (C=O) groups is 1. The Hall–Kier alpha value is -1.61. The highest BCUT2D eigenvalue weighted by atomic mass is 16.2. The summed E-state index contributed by atoms with van der Waals surface area (Å²) in [7, 11) is 0. The molecule has 3 nitrogen and oxygen atoms in total. The van der Waals surface area contributed by atoms with Crippen LogP contribution in [-0.4, -0.2) is 11.9 Å². The molecule has 0 aliphatic rings. The third-order valence-corrected chi connectivity index (χ3v) is 3.47. The van der Waals surface area contributed by atoms with E-state index in [1.54, 1.807) is 6.08 Å². The van der Waals surface area contributed by atoms with Gasteiger partial charge in [0.2, 0.25) is 5.91 Å². The van der Waals surface area contributed by atoms with Gasteiger partial charge in [0.05, 0.1) is 12.1 Å². The summed E-state index contributed by atoms with van der Waals surface area (Å²) in [5.74, 6) is 0.186. The van der Waals surface area contributed by atoms with E-state index in [1.807, 2.05) is 0 Å². The molecule has 0 aromatic heterocycles. The average Bonchev–Trinajstić information content (AvgIpc) is 2.44. The Labute approximate surface area is 122 Å². The third kappa shape index (κ3) is 4.49. The molecule has 0 radical (unpaired) electrons. The van der Waals surface area contributed by atoms with Gasteiger partial charge in [-0.2, -0.15) is 0 Å². The monoisotopic (exact) mass is 274 g/mol. The van der Waals surface area contributed by atoms with E-state index >= 15 is 0 Å². The van der Waals surface area contributed by atoms with E-state index in [9.17, 15) is 4.79 Å². The third-order valence-electron chi connectivity index (χ3n) is 3.47. The van der Waals surface area contributed by atoms with Crippen LogP contribution in [0.1, 0.15) is 44.4 Å². The van der Waals surface area contributed by atoms with Crippen molar-refractivity contribution >= 4 is 5.91 Å². The second-order valence-electron chi connectivity index (χ2n) is 5.46. The van der Waals surface area contributed by atoms with E-state index in [0.717, 1.165) is 12.0 Å². The number of aryl methyl sites for hydroxylation is 1. The van der Waals surface area contributed by atoms with Gasteiger partial charge >= 0.3 is 0 Å². The van der Waals surface area contributed by atoms with E-state index < -0.39 is 6.04 Å². The number of carbonyl (C=O) groups excluding carboxylic acids is 1. The van der Waals surface area contributed by atoms with Crippen molar-refractivity contribution in [3.05, 3.63) is 48.0 Å². The molecule has 1 aromatic carbocycles. The first-order valence-electron chi connectivity index (χ1n) is 7.25. The Bertz CT molecular complexity index is 437. The largest absolute Gasteiger partial charge is 0.348 e. The van der Waals surface area contributed by atoms with E-state index in [1.165, 1.54) is 5.56 Å². The Morgan fingerprint density at radius 3 is 2.40 bits per heavy atom. The SMILES string of the molecule is C=CCC(N)C(=O)NC(c1ccc(CC)cc1)C(C)C. The molecule has 0 aliphatic heterocycles. The molecule has 0 bridgehead atoms. The predicted octanol–water partition coefficient (Wildman–Crippen LogP) is 2.97. The van der Waals surface area contributed by atoms with E-state index in [0.29, 0.717) is 12.3 Å². The van der Waals surface area contributed by atoms with E-state index in [4.69, 9.17) is 5.73 Å². The number of amides is 1. The van der Waals surface area contributed by atoms with Crippen LogP contribution >= 0.6 is 0 Å². The minimum Gasteiger partial charge on any atom is -0.348 e. The summed E-state index contributed by atoms with van der Waals surface area (Å²) >= 11 is 0. The van der Waals surface area contributed by atoms with Crippen molar-refractivity contribution in [2.75, 3.05) is 0 Å². The topological polar surface area (TPSA) is 55.1 Å². The molecular weight excluding hydrogens is 248 g/mol. The zero-order valence-corrected chi connectivity index (χ0v) is 12.7. The zero-order valence-electron chi connectivity index (χ0n) is 12.7. The van der Waals surface area contributed by atoms with Gasteiger partial charge in [-0.15, -0.1) is 6.58 Å². The number of hydrogen-bond donors (Lipinski definition) is 2. The van der Waals surface area contributed by atoms with Crippen LogP contribution in [0.5, 0.6) is 0 Å². The molecule has 0 heterocycles. The van der Waals surface area contributed by atoms with Crippen molar-refractivity contribution in [1.29, 1.82) is 0 Å². The molecule has 0 saturated carbocycles. The van der Waals surface area contributed by atoms with Gasteiger partial charge in [0.15, 0.2) is 0 Å². The zero-order chi connectivity index (χ0) is 15.1. The van der Waals surface area contributed by atoms with E-state index in [-0.39, 0.29) is 11.9 Å². The Kier molecular flexibility index (Phi) is 6.46. The Morgan fingerprint density at radius 2 is 1.95 bits per heavy atom. The number of nitrogens with one attached hydrogen (secondary N) is 1. The average molecular weight is 274 g/mol. The molecule has 2 unspecified atom stereocenters. The standard InChI is InChI=1S/C17H26N2O/c1-5-7-15(18)17(20)19-16(12(3)4)14-10-8-13(6-2)9-11-14/h5,8-12,15-16H,1,6-7,18H2,2-4H3,(H,19,20). The first-order valence-corrected chi connectivity index (χ1v) is 7.25. The van der Waals surface area contributed by atoms with Crippen molar-refractivity contribution in [2.45, 2.75) is 45.7 Å². The maximum absolute atomic E-state index is 12.1. The predicted molar refractivity (Wildman–Crippen MR) is 84.3 cm³/mol. The van der Waals surface area contributed by atoms with Gasteiger partial charge in [-0.05, 0) is 29.9 Å². The highest BCUT2D eigenvalue weighted by molar-refractivity contribution is 5.82. The molecule has 20 heavy (non-hydrogen) atoms. The lowest BCUT2D eigenvalue weighted by Gasteiger charge is -2.24. The van der Waals surface area contributed by atoms with Crippen LogP contribution in [0.15, 0.2) is 36.9 Å². The molecule has 0 saturated heterocycles. The lowest BCUT2D eigenvalue weighted by atomic mass is 9.94. The van der Waals surface area contributed by atoms with Crippen molar-refractivity contribution in [3.8, 4) is 0 Å². The van der Waals surface area contributed by atoms with Crippen molar-refractivity contribution in [1.82, 2.24) is 5.32 Å². The quantitative estimate of drug-likeness (QED) is 0.751.